The molecule has 0 bridgehead atoms. The molecular formula is C15H15Cl2NO. The van der Waals surface area contributed by atoms with Crippen LogP contribution in [0.1, 0.15) is 24.9 Å². The van der Waals surface area contributed by atoms with Crippen LogP contribution in [0.15, 0.2) is 42.5 Å². The average molecular weight is 296 g/mol. The molecule has 1 atom stereocenters. The van der Waals surface area contributed by atoms with E-state index in [1.54, 1.807) is 18.2 Å². The largest absolute Gasteiger partial charge is 0.456 e. The highest BCUT2D eigenvalue weighted by Gasteiger charge is 2.07. The molecule has 0 aliphatic rings. The van der Waals surface area contributed by atoms with Gasteiger partial charge in [0.15, 0.2) is 0 Å². The Bertz CT molecular complexity index is 572. The molecule has 2 N–H and O–H groups in total. The summed E-state index contributed by atoms with van der Waals surface area (Å²) in [5.74, 6) is 1.24. The molecule has 0 amide bonds. The zero-order valence-corrected chi connectivity index (χ0v) is 12.1. The Morgan fingerprint density at radius 2 is 1.95 bits per heavy atom. The Morgan fingerprint density at radius 3 is 2.68 bits per heavy atom. The molecular weight excluding hydrogens is 281 g/mol. The Morgan fingerprint density at radius 1 is 1.16 bits per heavy atom. The predicted molar refractivity (Wildman–Crippen MR) is 80.2 cm³/mol. The van der Waals surface area contributed by atoms with Crippen molar-refractivity contribution in [3.63, 3.8) is 0 Å². The SMILES string of the molecule is CCC(N)c1cccc(Oc2cc(Cl)ccc2Cl)c1. The van der Waals surface area contributed by atoms with Crippen LogP contribution in [0.5, 0.6) is 11.5 Å². The summed E-state index contributed by atoms with van der Waals surface area (Å²) in [7, 11) is 0. The third kappa shape index (κ3) is 3.63. The van der Waals surface area contributed by atoms with Crippen LogP contribution >= 0.6 is 23.2 Å². The summed E-state index contributed by atoms with van der Waals surface area (Å²) < 4.78 is 5.75. The van der Waals surface area contributed by atoms with Crippen molar-refractivity contribution in [2.75, 3.05) is 0 Å². The van der Waals surface area contributed by atoms with E-state index in [9.17, 15) is 0 Å². The highest BCUT2D eigenvalue weighted by molar-refractivity contribution is 6.34. The lowest BCUT2D eigenvalue weighted by atomic mass is 10.1. The second kappa shape index (κ2) is 6.29. The van der Waals surface area contributed by atoms with Crippen LogP contribution in [-0.4, -0.2) is 0 Å². The lowest BCUT2D eigenvalue weighted by Crippen LogP contribution is -2.08. The van der Waals surface area contributed by atoms with Crippen LogP contribution in [0, 0.1) is 0 Å². The summed E-state index contributed by atoms with van der Waals surface area (Å²) >= 11 is 12.0. The van der Waals surface area contributed by atoms with Crippen molar-refractivity contribution in [3.05, 3.63) is 58.1 Å². The fourth-order valence-corrected chi connectivity index (χ4v) is 2.04. The zero-order valence-electron chi connectivity index (χ0n) is 10.6. The third-order valence-corrected chi connectivity index (χ3v) is 3.39. The smallest absolute Gasteiger partial charge is 0.147 e. The summed E-state index contributed by atoms with van der Waals surface area (Å²) in [4.78, 5) is 0. The van der Waals surface area contributed by atoms with Crippen LogP contribution in [0.4, 0.5) is 0 Å². The van der Waals surface area contributed by atoms with E-state index in [1.807, 2.05) is 31.2 Å². The number of hydrogen-bond acceptors (Lipinski definition) is 2. The lowest BCUT2D eigenvalue weighted by Gasteiger charge is -2.12. The minimum absolute atomic E-state index is 0.0124. The van der Waals surface area contributed by atoms with Gasteiger partial charge in [-0.25, -0.2) is 0 Å². The molecule has 2 aromatic carbocycles. The van der Waals surface area contributed by atoms with Gasteiger partial charge in [-0.3, -0.25) is 0 Å². The summed E-state index contributed by atoms with van der Waals surface area (Å²) in [6, 6.07) is 12.8. The number of rotatable bonds is 4. The third-order valence-electron chi connectivity index (χ3n) is 2.85. The van der Waals surface area contributed by atoms with Crippen LogP contribution in [0.2, 0.25) is 10.0 Å². The van der Waals surface area contributed by atoms with E-state index in [0.29, 0.717) is 21.5 Å². The van der Waals surface area contributed by atoms with Crippen molar-refractivity contribution >= 4 is 23.2 Å². The Balaban J connectivity index is 2.26. The molecule has 19 heavy (non-hydrogen) atoms. The Kier molecular flexibility index (Phi) is 4.70. The van der Waals surface area contributed by atoms with Gasteiger partial charge in [-0.2, -0.15) is 0 Å². The van der Waals surface area contributed by atoms with Gasteiger partial charge in [0.1, 0.15) is 11.5 Å². The lowest BCUT2D eigenvalue weighted by molar-refractivity contribution is 0.481. The average Bonchev–Trinajstić information content (AvgIpc) is 2.42. The molecule has 2 aromatic rings. The molecule has 0 aromatic heterocycles. The van der Waals surface area contributed by atoms with Gasteiger partial charge in [0.05, 0.1) is 5.02 Å². The fourth-order valence-electron chi connectivity index (χ4n) is 1.73. The van der Waals surface area contributed by atoms with Crippen molar-refractivity contribution < 1.29 is 4.74 Å². The van der Waals surface area contributed by atoms with E-state index >= 15 is 0 Å². The second-order valence-electron chi connectivity index (χ2n) is 4.26. The number of hydrogen-bond donors (Lipinski definition) is 1. The molecule has 1 unspecified atom stereocenters. The van der Waals surface area contributed by atoms with E-state index in [0.717, 1.165) is 12.0 Å². The molecule has 0 fully saturated rings. The van der Waals surface area contributed by atoms with Crippen molar-refractivity contribution in [1.82, 2.24) is 0 Å². The van der Waals surface area contributed by atoms with E-state index < -0.39 is 0 Å². The van der Waals surface area contributed by atoms with E-state index in [4.69, 9.17) is 33.7 Å². The van der Waals surface area contributed by atoms with E-state index in [1.165, 1.54) is 0 Å². The normalized spacial score (nSPS) is 12.2. The summed E-state index contributed by atoms with van der Waals surface area (Å²) in [5.41, 5.74) is 7.05. The Hall–Kier alpha value is -1.22. The standard InChI is InChI=1S/C15H15Cl2NO/c1-2-14(18)10-4-3-5-12(8-10)19-15-9-11(16)6-7-13(15)17/h3-9,14H,2,18H2,1H3. The number of benzene rings is 2. The minimum Gasteiger partial charge on any atom is -0.456 e. The highest BCUT2D eigenvalue weighted by atomic mass is 35.5. The number of nitrogens with two attached hydrogens (primary N) is 1. The van der Waals surface area contributed by atoms with Crippen molar-refractivity contribution in [3.8, 4) is 11.5 Å². The topological polar surface area (TPSA) is 35.2 Å². The van der Waals surface area contributed by atoms with Gasteiger partial charge in [0.2, 0.25) is 0 Å². The summed E-state index contributed by atoms with van der Waals surface area (Å²) in [6.07, 6.45) is 0.876. The van der Waals surface area contributed by atoms with Crippen LogP contribution in [-0.2, 0) is 0 Å². The summed E-state index contributed by atoms with van der Waals surface area (Å²) in [6.45, 7) is 2.05. The van der Waals surface area contributed by atoms with Gasteiger partial charge in [-0.05, 0) is 36.2 Å². The van der Waals surface area contributed by atoms with Crippen LogP contribution in [0.3, 0.4) is 0 Å². The maximum absolute atomic E-state index is 6.07. The van der Waals surface area contributed by atoms with E-state index in [-0.39, 0.29) is 6.04 Å². The molecule has 0 saturated heterocycles. The first-order valence-corrected chi connectivity index (χ1v) is 6.84. The molecule has 0 aliphatic carbocycles. The number of halogens is 2. The highest BCUT2D eigenvalue weighted by Crippen LogP contribution is 2.32. The van der Waals surface area contributed by atoms with Gasteiger partial charge in [-0.15, -0.1) is 0 Å². The van der Waals surface area contributed by atoms with Crippen molar-refractivity contribution in [1.29, 1.82) is 0 Å². The monoisotopic (exact) mass is 295 g/mol. The summed E-state index contributed by atoms with van der Waals surface area (Å²) in [5, 5.41) is 1.11. The molecule has 0 aliphatic heterocycles. The molecule has 0 heterocycles. The van der Waals surface area contributed by atoms with Gasteiger partial charge in [0.25, 0.3) is 0 Å². The second-order valence-corrected chi connectivity index (χ2v) is 5.11. The van der Waals surface area contributed by atoms with Crippen LogP contribution < -0.4 is 10.5 Å². The molecule has 0 spiro atoms. The minimum atomic E-state index is 0.0124. The fraction of sp³-hybridized carbons (Fsp3) is 0.200. The van der Waals surface area contributed by atoms with Gasteiger partial charge in [0, 0.05) is 17.1 Å². The first-order chi connectivity index (χ1) is 9.10. The van der Waals surface area contributed by atoms with Crippen molar-refractivity contribution in [2.24, 2.45) is 5.73 Å². The first kappa shape index (κ1) is 14.2. The van der Waals surface area contributed by atoms with Gasteiger partial charge < -0.3 is 10.5 Å². The Labute approximate surface area is 123 Å². The molecule has 4 heteroatoms. The molecule has 2 rings (SSSR count). The molecule has 2 nitrogen and oxygen atoms in total. The van der Waals surface area contributed by atoms with Gasteiger partial charge >= 0.3 is 0 Å². The zero-order chi connectivity index (χ0) is 13.8. The van der Waals surface area contributed by atoms with Crippen molar-refractivity contribution in [2.45, 2.75) is 19.4 Å². The van der Waals surface area contributed by atoms with Crippen LogP contribution in [0.25, 0.3) is 0 Å². The quantitative estimate of drug-likeness (QED) is 0.842. The molecule has 0 radical (unpaired) electrons. The predicted octanol–water partition coefficient (Wildman–Crippen LogP) is 5.20. The molecule has 100 valence electrons. The number of ether oxygens (including phenoxy) is 1. The van der Waals surface area contributed by atoms with Gasteiger partial charge in [-0.1, -0.05) is 42.3 Å². The first-order valence-electron chi connectivity index (χ1n) is 6.08. The maximum atomic E-state index is 6.07. The molecule has 0 saturated carbocycles. The maximum Gasteiger partial charge on any atom is 0.147 e. The van der Waals surface area contributed by atoms with E-state index in [2.05, 4.69) is 0 Å².